The topological polar surface area (TPSA) is 183 Å². The number of carbonyl (C=O) groups excluding carboxylic acids is 2. The lowest BCUT2D eigenvalue weighted by Crippen LogP contribution is -2.14. The molecule has 0 aliphatic rings. The summed E-state index contributed by atoms with van der Waals surface area (Å²) in [5, 5.41) is 62.3. The van der Waals surface area contributed by atoms with Crippen molar-refractivity contribution in [2.45, 2.75) is 46.0 Å². The molecular weight excluding hydrogens is 440 g/mol. The monoisotopic (exact) mass is 466 g/mol. The number of phenolic OH excluding ortho intramolecular Hbond substituents is 6. The molecule has 0 unspecified atom stereocenters. The summed E-state index contributed by atoms with van der Waals surface area (Å²) in [5.74, 6) is -7.12. The molecule has 0 saturated heterocycles. The Morgan fingerprint density at radius 1 is 0.818 bits per heavy atom. The Balaban J connectivity index is 2.15. The van der Waals surface area contributed by atoms with E-state index in [4.69, 9.17) is 0 Å². The first-order chi connectivity index (χ1) is 15.6. The van der Waals surface area contributed by atoms with E-state index in [9.17, 15) is 40.2 Å². The Morgan fingerprint density at radius 3 is 1.97 bits per heavy atom. The van der Waals surface area contributed by atoms with Crippen LogP contribution in [0.5, 0.6) is 34.5 Å². The van der Waals surface area contributed by atoms with Gasteiger partial charge in [-0.3, -0.25) is 9.78 Å². The minimum absolute atomic E-state index is 0.0292. The Labute approximate surface area is 188 Å². The Morgan fingerprint density at radius 2 is 1.39 bits per heavy atom. The molecule has 2 aromatic carbocycles. The zero-order valence-corrected chi connectivity index (χ0v) is 18.1. The van der Waals surface area contributed by atoms with E-state index in [0.29, 0.717) is 0 Å². The van der Waals surface area contributed by atoms with Gasteiger partial charge in [-0.2, -0.15) is 0 Å². The third-order valence-corrected chi connectivity index (χ3v) is 5.14. The minimum Gasteiger partial charge on any atom is -0.504 e. The fourth-order valence-corrected chi connectivity index (χ4v) is 3.20. The normalized spacial score (nSPS) is 11.7. The van der Waals surface area contributed by atoms with Gasteiger partial charge in [-0.1, -0.05) is 39.5 Å². The van der Waals surface area contributed by atoms with Crippen LogP contribution in [0.25, 0.3) is 0 Å². The van der Waals surface area contributed by atoms with Crippen molar-refractivity contribution in [1.29, 1.82) is 0 Å². The standard InChI is InChI=1S/C22H26O11/c1-3-5-6-11(4-2)7-13-14(10-17(25)20(28)18(13)26)22(30)32-33-31-21(29)12-8-15(23)19(27)16(24)9-12/h8-11,23-28H,3-7H2,1-2H3/t11-/m1/s1. The van der Waals surface area contributed by atoms with E-state index in [1.807, 2.05) is 13.8 Å². The fraction of sp³-hybridized carbons (Fsp3) is 0.364. The van der Waals surface area contributed by atoms with Gasteiger partial charge in [0, 0.05) is 10.6 Å². The number of benzene rings is 2. The van der Waals surface area contributed by atoms with Crippen molar-refractivity contribution in [2.24, 2.45) is 5.92 Å². The predicted molar refractivity (Wildman–Crippen MR) is 112 cm³/mol. The van der Waals surface area contributed by atoms with Crippen molar-refractivity contribution < 1.29 is 55.0 Å². The van der Waals surface area contributed by atoms with Gasteiger partial charge >= 0.3 is 11.9 Å². The van der Waals surface area contributed by atoms with Crippen LogP contribution in [0.3, 0.4) is 0 Å². The van der Waals surface area contributed by atoms with E-state index < -0.39 is 52.0 Å². The lowest BCUT2D eigenvalue weighted by Gasteiger charge is -2.18. The molecule has 33 heavy (non-hydrogen) atoms. The van der Waals surface area contributed by atoms with Gasteiger partial charge in [-0.25, -0.2) is 9.59 Å². The van der Waals surface area contributed by atoms with Crippen LogP contribution in [0.4, 0.5) is 0 Å². The van der Waals surface area contributed by atoms with Gasteiger partial charge in [0.25, 0.3) is 0 Å². The number of rotatable bonds is 10. The first-order valence-corrected chi connectivity index (χ1v) is 10.2. The van der Waals surface area contributed by atoms with Crippen molar-refractivity contribution in [3.05, 3.63) is 34.9 Å². The second kappa shape index (κ2) is 11.1. The number of hydrogen-bond acceptors (Lipinski definition) is 11. The molecule has 0 heterocycles. The number of hydrogen-bond donors (Lipinski definition) is 6. The molecule has 180 valence electrons. The molecule has 0 fully saturated rings. The first kappa shape index (κ1) is 25.4. The molecule has 0 aliphatic heterocycles. The lowest BCUT2D eigenvalue weighted by molar-refractivity contribution is -0.446. The smallest absolute Gasteiger partial charge is 0.377 e. The van der Waals surface area contributed by atoms with Crippen LogP contribution in [-0.2, 0) is 21.2 Å². The third-order valence-electron chi connectivity index (χ3n) is 5.14. The van der Waals surface area contributed by atoms with Gasteiger partial charge < -0.3 is 30.6 Å². The van der Waals surface area contributed by atoms with Crippen molar-refractivity contribution in [3.8, 4) is 34.5 Å². The summed E-state index contributed by atoms with van der Waals surface area (Å²) in [6, 6.07) is 2.44. The molecule has 6 N–H and O–H groups in total. The predicted octanol–water partition coefficient (Wildman–Crippen LogP) is 3.54. The molecule has 0 aromatic heterocycles. The van der Waals surface area contributed by atoms with Gasteiger partial charge in [-0.15, -0.1) is 0 Å². The maximum absolute atomic E-state index is 12.5. The highest BCUT2D eigenvalue weighted by atomic mass is 17.5. The van der Waals surface area contributed by atoms with Gasteiger partial charge in [-0.05, 0) is 30.5 Å². The molecule has 0 spiro atoms. The van der Waals surface area contributed by atoms with Crippen LogP contribution in [0.2, 0.25) is 0 Å². The molecule has 0 bridgehead atoms. The molecule has 2 aromatic rings. The van der Waals surface area contributed by atoms with E-state index in [1.165, 1.54) is 0 Å². The van der Waals surface area contributed by atoms with Crippen molar-refractivity contribution in [3.63, 3.8) is 0 Å². The largest absolute Gasteiger partial charge is 0.504 e. The molecule has 0 amide bonds. The van der Waals surface area contributed by atoms with Crippen LogP contribution in [0.15, 0.2) is 18.2 Å². The van der Waals surface area contributed by atoms with Crippen LogP contribution < -0.4 is 0 Å². The highest BCUT2D eigenvalue weighted by Crippen LogP contribution is 2.41. The zero-order chi connectivity index (χ0) is 24.7. The van der Waals surface area contributed by atoms with E-state index in [0.717, 1.165) is 43.9 Å². The SMILES string of the molecule is CCCC[C@@H](CC)Cc1c(C(=O)OOOC(=O)c2cc(O)c(O)c(O)c2)cc(O)c(O)c1O. The van der Waals surface area contributed by atoms with Crippen LogP contribution >= 0.6 is 0 Å². The first-order valence-electron chi connectivity index (χ1n) is 10.2. The second-order valence-electron chi connectivity index (χ2n) is 7.41. The van der Waals surface area contributed by atoms with Crippen molar-refractivity contribution in [2.75, 3.05) is 0 Å². The Hall–Kier alpha value is -3.86. The molecule has 11 heteroatoms. The molecular formula is C22H26O11. The molecule has 0 saturated carbocycles. The maximum atomic E-state index is 12.5. The van der Waals surface area contributed by atoms with Crippen LogP contribution in [0, 0.1) is 5.92 Å². The Bertz CT molecular complexity index is 993. The second-order valence-corrected chi connectivity index (χ2v) is 7.41. The maximum Gasteiger partial charge on any atom is 0.377 e. The number of phenols is 6. The Kier molecular flexibility index (Phi) is 8.57. The summed E-state index contributed by atoms with van der Waals surface area (Å²) in [5.41, 5.74) is -0.712. The zero-order valence-electron chi connectivity index (χ0n) is 18.1. The molecule has 0 radical (unpaired) electrons. The average molecular weight is 466 g/mol. The summed E-state index contributed by atoms with van der Waals surface area (Å²) >= 11 is 0. The van der Waals surface area contributed by atoms with Crippen molar-refractivity contribution >= 4 is 11.9 Å². The van der Waals surface area contributed by atoms with Crippen LogP contribution in [-0.4, -0.2) is 42.6 Å². The van der Waals surface area contributed by atoms with Gasteiger partial charge in [0.1, 0.15) is 0 Å². The average Bonchev–Trinajstić information content (AvgIpc) is 2.79. The lowest BCUT2D eigenvalue weighted by atomic mass is 9.89. The summed E-state index contributed by atoms with van der Waals surface area (Å²) in [6.07, 6.45) is 3.62. The third kappa shape index (κ3) is 6.10. The van der Waals surface area contributed by atoms with E-state index in [1.54, 1.807) is 0 Å². The fourth-order valence-electron chi connectivity index (χ4n) is 3.20. The van der Waals surface area contributed by atoms with E-state index >= 15 is 0 Å². The van der Waals surface area contributed by atoms with Gasteiger partial charge in [0.15, 0.2) is 28.7 Å². The number of carbonyl (C=O) groups is 2. The minimum atomic E-state index is -1.28. The highest BCUT2D eigenvalue weighted by Gasteiger charge is 2.26. The summed E-state index contributed by atoms with van der Waals surface area (Å²) in [7, 11) is 0. The highest BCUT2D eigenvalue weighted by molar-refractivity contribution is 5.93. The van der Waals surface area contributed by atoms with E-state index in [-0.39, 0.29) is 23.5 Å². The van der Waals surface area contributed by atoms with Crippen molar-refractivity contribution in [1.82, 2.24) is 0 Å². The molecule has 1 atom stereocenters. The quantitative estimate of drug-likeness (QED) is 0.171. The number of unbranched alkanes of at least 4 members (excludes halogenated alkanes) is 1. The van der Waals surface area contributed by atoms with E-state index in [2.05, 4.69) is 14.8 Å². The van der Waals surface area contributed by atoms with Gasteiger partial charge in [0.2, 0.25) is 5.75 Å². The molecule has 2 rings (SSSR count). The summed E-state index contributed by atoms with van der Waals surface area (Å²) in [4.78, 5) is 33.1. The molecule has 0 aliphatic carbocycles. The summed E-state index contributed by atoms with van der Waals surface area (Å²) < 4.78 is 0. The van der Waals surface area contributed by atoms with Crippen LogP contribution in [0.1, 0.15) is 65.8 Å². The molecule has 11 nitrogen and oxygen atoms in total. The number of aromatic hydroxyl groups is 6. The summed E-state index contributed by atoms with van der Waals surface area (Å²) in [6.45, 7) is 3.97. The van der Waals surface area contributed by atoms with Gasteiger partial charge in [0.05, 0.1) is 11.1 Å².